The highest BCUT2D eigenvalue weighted by molar-refractivity contribution is 8.00. The summed E-state index contributed by atoms with van der Waals surface area (Å²) >= 11 is 1.37. The highest BCUT2D eigenvalue weighted by Gasteiger charge is 2.06. The molecule has 0 aliphatic heterocycles. The first-order chi connectivity index (χ1) is 7.97. The Morgan fingerprint density at radius 3 is 2.53 bits per heavy atom. The van der Waals surface area contributed by atoms with Crippen molar-refractivity contribution in [1.82, 2.24) is 0 Å². The Bertz CT molecular complexity index is 379. The second kappa shape index (κ2) is 6.56. The van der Waals surface area contributed by atoms with E-state index in [-0.39, 0.29) is 23.4 Å². The van der Waals surface area contributed by atoms with Crippen molar-refractivity contribution < 1.29 is 13.6 Å². The van der Waals surface area contributed by atoms with E-state index in [2.05, 4.69) is 5.32 Å². The number of hydrogen-bond acceptors (Lipinski definition) is 3. The van der Waals surface area contributed by atoms with Gasteiger partial charge in [-0.05, 0) is 19.1 Å². The first-order valence-electron chi connectivity index (χ1n) is 5.06. The van der Waals surface area contributed by atoms with E-state index < -0.39 is 11.6 Å². The maximum absolute atomic E-state index is 12.8. The predicted octanol–water partition coefficient (Wildman–Crippen LogP) is 1.98. The lowest BCUT2D eigenvalue weighted by Gasteiger charge is -2.06. The summed E-state index contributed by atoms with van der Waals surface area (Å²) in [5, 5.41) is 2.42. The van der Waals surface area contributed by atoms with E-state index in [0.717, 1.165) is 18.2 Å². The Hall–Kier alpha value is -1.14. The highest BCUT2D eigenvalue weighted by atomic mass is 32.2. The molecule has 1 amide bonds. The second-order valence-electron chi connectivity index (χ2n) is 3.70. The van der Waals surface area contributed by atoms with Crippen molar-refractivity contribution in [2.24, 2.45) is 5.73 Å². The Labute approximate surface area is 103 Å². The van der Waals surface area contributed by atoms with Gasteiger partial charge in [0.05, 0.1) is 5.75 Å². The molecule has 0 radical (unpaired) electrons. The molecule has 0 bridgehead atoms. The Morgan fingerprint density at radius 2 is 2.00 bits per heavy atom. The minimum absolute atomic E-state index is 0.0133. The summed E-state index contributed by atoms with van der Waals surface area (Å²) in [4.78, 5) is 11.4. The summed E-state index contributed by atoms with van der Waals surface area (Å²) in [5.74, 6) is -0.877. The average molecular weight is 260 g/mol. The summed E-state index contributed by atoms with van der Waals surface area (Å²) in [6.07, 6.45) is 0. The van der Waals surface area contributed by atoms with E-state index in [4.69, 9.17) is 5.73 Å². The maximum atomic E-state index is 12.8. The molecule has 0 aliphatic carbocycles. The van der Waals surface area contributed by atoms with Crippen LogP contribution in [0.1, 0.15) is 6.92 Å². The largest absolute Gasteiger partial charge is 0.327 e. The number of carbonyl (C=O) groups is 1. The van der Waals surface area contributed by atoms with Gasteiger partial charge in [0.15, 0.2) is 0 Å². The molecule has 0 spiro atoms. The van der Waals surface area contributed by atoms with Crippen LogP contribution in [0.4, 0.5) is 14.5 Å². The van der Waals surface area contributed by atoms with Crippen LogP contribution in [-0.4, -0.2) is 23.5 Å². The zero-order valence-corrected chi connectivity index (χ0v) is 10.2. The molecule has 3 nitrogen and oxygen atoms in total. The van der Waals surface area contributed by atoms with Crippen molar-refractivity contribution in [2.45, 2.75) is 13.0 Å². The van der Waals surface area contributed by atoms with Gasteiger partial charge in [-0.3, -0.25) is 4.79 Å². The molecule has 0 aromatic heterocycles. The van der Waals surface area contributed by atoms with Crippen molar-refractivity contribution in [3.8, 4) is 0 Å². The zero-order valence-electron chi connectivity index (χ0n) is 9.37. The van der Waals surface area contributed by atoms with Crippen LogP contribution < -0.4 is 11.1 Å². The number of nitrogens with two attached hydrogens (primary N) is 1. The Morgan fingerprint density at radius 1 is 1.41 bits per heavy atom. The molecule has 1 aromatic carbocycles. The number of nitrogens with one attached hydrogen (secondary N) is 1. The highest BCUT2D eigenvalue weighted by Crippen LogP contribution is 2.13. The fraction of sp³-hybridized carbons (Fsp3) is 0.364. The van der Waals surface area contributed by atoms with Crippen LogP contribution in [0.25, 0.3) is 0 Å². The molecule has 0 saturated carbocycles. The molecule has 1 atom stereocenters. The molecule has 1 unspecified atom stereocenters. The Kier molecular flexibility index (Phi) is 5.37. The van der Waals surface area contributed by atoms with Gasteiger partial charge in [0.25, 0.3) is 0 Å². The molecule has 0 aliphatic rings. The monoisotopic (exact) mass is 260 g/mol. The van der Waals surface area contributed by atoms with Crippen LogP contribution in [-0.2, 0) is 4.79 Å². The minimum Gasteiger partial charge on any atom is -0.327 e. The van der Waals surface area contributed by atoms with E-state index in [1.165, 1.54) is 11.8 Å². The Balaban J connectivity index is 2.45. The van der Waals surface area contributed by atoms with Gasteiger partial charge in [0.2, 0.25) is 5.91 Å². The zero-order chi connectivity index (χ0) is 12.8. The van der Waals surface area contributed by atoms with Gasteiger partial charge in [-0.15, -0.1) is 0 Å². The topological polar surface area (TPSA) is 55.1 Å². The van der Waals surface area contributed by atoms with Gasteiger partial charge < -0.3 is 11.1 Å². The van der Waals surface area contributed by atoms with Crippen molar-refractivity contribution in [3.63, 3.8) is 0 Å². The number of rotatable bonds is 5. The standard InChI is InChI=1S/C11H14F2N2OS/c1-7(14)5-17-6-11(16)15-10-3-8(12)2-9(13)4-10/h2-4,7H,5-6,14H2,1H3,(H,15,16). The smallest absolute Gasteiger partial charge is 0.234 e. The molecule has 0 heterocycles. The summed E-state index contributed by atoms with van der Waals surface area (Å²) in [7, 11) is 0. The van der Waals surface area contributed by atoms with Crippen molar-refractivity contribution in [2.75, 3.05) is 16.8 Å². The molecule has 94 valence electrons. The van der Waals surface area contributed by atoms with Crippen molar-refractivity contribution >= 4 is 23.4 Å². The molecule has 0 saturated heterocycles. The molecular weight excluding hydrogens is 246 g/mol. The SMILES string of the molecule is CC(N)CSCC(=O)Nc1cc(F)cc(F)c1. The van der Waals surface area contributed by atoms with Crippen LogP contribution in [0, 0.1) is 11.6 Å². The molecular formula is C11H14F2N2OS. The van der Waals surface area contributed by atoms with Crippen LogP contribution in [0.3, 0.4) is 0 Å². The summed E-state index contributed by atoms with van der Waals surface area (Å²) in [5.41, 5.74) is 5.64. The van der Waals surface area contributed by atoms with Crippen LogP contribution in [0.15, 0.2) is 18.2 Å². The summed E-state index contributed by atoms with van der Waals surface area (Å²) in [6.45, 7) is 1.84. The van der Waals surface area contributed by atoms with Crippen LogP contribution in [0.2, 0.25) is 0 Å². The van der Waals surface area contributed by atoms with Crippen LogP contribution >= 0.6 is 11.8 Å². The predicted molar refractivity (Wildman–Crippen MR) is 66.0 cm³/mol. The van der Waals surface area contributed by atoms with E-state index in [0.29, 0.717) is 5.75 Å². The fourth-order valence-electron chi connectivity index (χ4n) is 1.16. The lowest BCUT2D eigenvalue weighted by molar-refractivity contribution is -0.113. The number of halogens is 2. The summed E-state index contributed by atoms with van der Waals surface area (Å²) in [6, 6.07) is 2.90. The first kappa shape index (κ1) is 13.9. The molecule has 6 heteroatoms. The van der Waals surface area contributed by atoms with Crippen molar-refractivity contribution in [1.29, 1.82) is 0 Å². The van der Waals surface area contributed by atoms with Gasteiger partial charge >= 0.3 is 0 Å². The van der Waals surface area contributed by atoms with Gasteiger partial charge in [-0.2, -0.15) is 11.8 Å². The molecule has 0 fully saturated rings. The number of carbonyl (C=O) groups excluding carboxylic acids is 1. The normalized spacial score (nSPS) is 12.2. The van der Waals surface area contributed by atoms with Crippen LogP contribution in [0.5, 0.6) is 0 Å². The van der Waals surface area contributed by atoms with E-state index in [1.807, 2.05) is 6.92 Å². The van der Waals surface area contributed by atoms with Gasteiger partial charge in [0, 0.05) is 23.5 Å². The lowest BCUT2D eigenvalue weighted by atomic mass is 10.3. The van der Waals surface area contributed by atoms with E-state index >= 15 is 0 Å². The average Bonchev–Trinajstić information content (AvgIpc) is 2.14. The quantitative estimate of drug-likeness (QED) is 0.851. The van der Waals surface area contributed by atoms with E-state index in [1.54, 1.807) is 0 Å². The number of thioether (sulfide) groups is 1. The number of hydrogen-bond donors (Lipinski definition) is 2. The lowest BCUT2D eigenvalue weighted by Crippen LogP contribution is -2.20. The maximum Gasteiger partial charge on any atom is 0.234 e. The molecule has 17 heavy (non-hydrogen) atoms. The third kappa shape index (κ3) is 5.65. The van der Waals surface area contributed by atoms with Gasteiger partial charge in [-0.25, -0.2) is 8.78 Å². The van der Waals surface area contributed by atoms with Gasteiger partial charge in [0.1, 0.15) is 11.6 Å². The second-order valence-corrected chi connectivity index (χ2v) is 4.73. The number of benzene rings is 1. The fourth-order valence-corrected chi connectivity index (χ4v) is 1.91. The van der Waals surface area contributed by atoms with E-state index in [9.17, 15) is 13.6 Å². The third-order valence-electron chi connectivity index (χ3n) is 1.76. The first-order valence-corrected chi connectivity index (χ1v) is 6.22. The minimum atomic E-state index is -0.719. The number of amides is 1. The summed E-state index contributed by atoms with van der Waals surface area (Å²) < 4.78 is 25.6. The molecule has 1 aromatic rings. The third-order valence-corrected chi connectivity index (χ3v) is 2.99. The number of anilines is 1. The molecule has 3 N–H and O–H groups in total. The van der Waals surface area contributed by atoms with Crippen molar-refractivity contribution in [3.05, 3.63) is 29.8 Å². The van der Waals surface area contributed by atoms with Gasteiger partial charge in [-0.1, -0.05) is 0 Å². The molecule has 1 rings (SSSR count).